The first-order valence-electron chi connectivity index (χ1n) is 8.82. The van der Waals surface area contributed by atoms with Crippen LogP contribution >= 0.6 is 11.6 Å². The third kappa shape index (κ3) is 3.56. The van der Waals surface area contributed by atoms with Crippen molar-refractivity contribution in [2.75, 3.05) is 13.7 Å². The number of hydrogen-bond donors (Lipinski definition) is 0. The molecule has 0 unspecified atom stereocenters. The van der Waals surface area contributed by atoms with Crippen LogP contribution in [0.3, 0.4) is 0 Å². The molecule has 7 nitrogen and oxygen atoms in total. The maximum Gasteiger partial charge on any atom is 0.410 e. The number of nitriles is 1. The van der Waals surface area contributed by atoms with E-state index in [4.69, 9.17) is 21.1 Å². The molecule has 2 aromatic rings. The normalized spacial score (nSPS) is 13.1. The Balaban J connectivity index is 2.11. The van der Waals surface area contributed by atoms with Crippen molar-refractivity contribution in [3.63, 3.8) is 0 Å². The highest BCUT2D eigenvalue weighted by Gasteiger charge is 2.33. The summed E-state index contributed by atoms with van der Waals surface area (Å²) in [7, 11) is 1.30. The predicted molar refractivity (Wildman–Crippen MR) is 103 cm³/mol. The van der Waals surface area contributed by atoms with Gasteiger partial charge in [0.05, 0.1) is 42.6 Å². The van der Waals surface area contributed by atoms with E-state index in [1.165, 1.54) is 12.0 Å². The second kappa shape index (κ2) is 7.95. The highest BCUT2D eigenvalue weighted by atomic mass is 35.5. The van der Waals surface area contributed by atoms with Gasteiger partial charge in [-0.3, -0.25) is 0 Å². The summed E-state index contributed by atoms with van der Waals surface area (Å²) in [5.41, 5.74) is 2.48. The summed E-state index contributed by atoms with van der Waals surface area (Å²) < 4.78 is 12.1. The van der Waals surface area contributed by atoms with Gasteiger partial charge in [-0.1, -0.05) is 23.7 Å². The molecule has 0 saturated carbocycles. The number of esters is 1. The summed E-state index contributed by atoms with van der Waals surface area (Å²) in [6.45, 7) is 4.56. The Bertz CT molecular complexity index is 975. The van der Waals surface area contributed by atoms with Crippen LogP contribution < -0.4 is 0 Å². The lowest BCUT2D eigenvalue weighted by molar-refractivity contribution is 0.0582. The molecular formula is C20H20ClN3O4. The van der Waals surface area contributed by atoms with Crippen molar-refractivity contribution in [3.05, 3.63) is 46.2 Å². The summed E-state index contributed by atoms with van der Waals surface area (Å²) in [6, 6.07) is 8.95. The maximum absolute atomic E-state index is 12.6. The van der Waals surface area contributed by atoms with Crippen LogP contribution in [0.25, 0.3) is 11.1 Å². The van der Waals surface area contributed by atoms with Crippen molar-refractivity contribution in [1.29, 1.82) is 5.26 Å². The van der Waals surface area contributed by atoms with Crippen LogP contribution in [0.1, 0.15) is 35.5 Å². The molecule has 2 heterocycles. The molecule has 0 saturated heterocycles. The Hall–Kier alpha value is -2.98. The van der Waals surface area contributed by atoms with Crippen molar-refractivity contribution in [2.45, 2.75) is 33.0 Å². The van der Waals surface area contributed by atoms with Gasteiger partial charge >= 0.3 is 12.1 Å². The van der Waals surface area contributed by atoms with E-state index >= 15 is 0 Å². The first-order valence-corrected chi connectivity index (χ1v) is 9.20. The molecule has 0 fully saturated rings. The van der Waals surface area contributed by atoms with E-state index in [1.807, 2.05) is 0 Å². The number of nitrogens with zero attached hydrogens (tertiary/aromatic N) is 3. The minimum absolute atomic E-state index is 0.174. The molecule has 1 amide bonds. The molecule has 3 rings (SSSR count). The first-order chi connectivity index (χ1) is 13.4. The lowest BCUT2D eigenvalue weighted by atomic mass is 10.0. The topological polar surface area (TPSA) is 84.6 Å². The van der Waals surface area contributed by atoms with E-state index in [2.05, 4.69) is 6.07 Å². The van der Waals surface area contributed by atoms with Gasteiger partial charge in [0, 0.05) is 18.7 Å². The minimum Gasteiger partial charge on any atom is -0.465 e. The van der Waals surface area contributed by atoms with Crippen LogP contribution in [0.15, 0.2) is 24.3 Å². The number of ether oxygens (including phenoxy) is 2. The van der Waals surface area contributed by atoms with Crippen molar-refractivity contribution >= 4 is 23.7 Å². The number of rotatable bonds is 3. The molecule has 0 bridgehead atoms. The van der Waals surface area contributed by atoms with Crippen LogP contribution in [0.4, 0.5) is 4.79 Å². The zero-order chi connectivity index (χ0) is 20.4. The highest BCUT2D eigenvalue weighted by Crippen LogP contribution is 2.39. The number of hydrogen-bond acceptors (Lipinski definition) is 5. The van der Waals surface area contributed by atoms with E-state index in [9.17, 15) is 14.9 Å². The lowest BCUT2D eigenvalue weighted by Gasteiger charge is -2.29. The van der Waals surface area contributed by atoms with E-state index in [-0.39, 0.29) is 12.6 Å². The third-order valence-electron chi connectivity index (χ3n) is 4.51. The van der Waals surface area contributed by atoms with Gasteiger partial charge in [-0.05, 0) is 31.5 Å². The fourth-order valence-corrected chi connectivity index (χ4v) is 3.67. The molecule has 0 aliphatic carbocycles. The van der Waals surface area contributed by atoms with Crippen LogP contribution in [0.2, 0.25) is 5.15 Å². The van der Waals surface area contributed by atoms with Gasteiger partial charge in [0.25, 0.3) is 0 Å². The van der Waals surface area contributed by atoms with E-state index in [0.29, 0.717) is 46.2 Å². The summed E-state index contributed by atoms with van der Waals surface area (Å²) in [6.07, 6.45) is -0.684. The smallest absolute Gasteiger partial charge is 0.410 e. The summed E-state index contributed by atoms with van der Waals surface area (Å²) in [5.74, 6) is -0.549. The lowest BCUT2D eigenvalue weighted by Crippen LogP contribution is -2.39. The Morgan fingerprint density at radius 2 is 2.04 bits per heavy atom. The molecule has 1 aliphatic heterocycles. The van der Waals surface area contributed by atoms with Crippen LogP contribution in [0, 0.1) is 11.3 Å². The Morgan fingerprint density at radius 1 is 1.29 bits per heavy atom. The van der Waals surface area contributed by atoms with Crippen molar-refractivity contribution in [1.82, 2.24) is 9.47 Å². The quantitative estimate of drug-likeness (QED) is 0.730. The van der Waals surface area contributed by atoms with Crippen LogP contribution in [-0.2, 0) is 22.6 Å². The van der Waals surface area contributed by atoms with Gasteiger partial charge < -0.3 is 18.9 Å². The van der Waals surface area contributed by atoms with Gasteiger partial charge in [-0.2, -0.15) is 5.26 Å². The van der Waals surface area contributed by atoms with Gasteiger partial charge in [-0.25, -0.2) is 9.59 Å². The maximum atomic E-state index is 12.6. The number of carbonyl (C=O) groups is 2. The Kier molecular flexibility index (Phi) is 5.61. The molecular weight excluding hydrogens is 382 g/mol. The second-order valence-corrected chi connectivity index (χ2v) is 7.04. The van der Waals surface area contributed by atoms with E-state index in [1.54, 1.807) is 42.7 Å². The third-order valence-corrected chi connectivity index (χ3v) is 4.90. The number of benzene rings is 1. The number of halogens is 1. The standard InChI is InChI=1S/C20H20ClN3O4/c1-12(2)28-20(26)23-7-8-24-15(11-23)17(19(25)27-3)16(18(24)21)14-6-4-5-13(9-14)10-22/h4-6,9,12H,7-8,11H2,1-3H3. The van der Waals surface area contributed by atoms with Gasteiger partial charge in [0.1, 0.15) is 5.15 Å². The summed E-state index contributed by atoms with van der Waals surface area (Å²) in [4.78, 5) is 26.5. The Labute approximate surface area is 168 Å². The zero-order valence-corrected chi connectivity index (χ0v) is 16.6. The number of amides is 1. The van der Waals surface area contributed by atoms with Crippen LogP contribution in [-0.4, -0.2) is 41.3 Å². The monoisotopic (exact) mass is 401 g/mol. The second-order valence-electron chi connectivity index (χ2n) is 6.68. The highest BCUT2D eigenvalue weighted by molar-refractivity contribution is 6.33. The summed E-state index contributed by atoms with van der Waals surface area (Å²) >= 11 is 6.63. The Morgan fingerprint density at radius 3 is 2.68 bits per heavy atom. The van der Waals surface area contributed by atoms with Crippen molar-refractivity contribution in [3.8, 4) is 17.2 Å². The number of carbonyl (C=O) groups excluding carboxylic acids is 2. The van der Waals surface area contributed by atoms with Gasteiger partial charge in [-0.15, -0.1) is 0 Å². The molecule has 0 radical (unpaired) electrons. The largest absolute Gasteiger partial charge is 0.465 e. The minimum atomic E-state index is -0.549. The van der Waals surface area contributed by atoms with Gasteiger partial charge in [0.15, 0.2) is 0 Å². The molecule has 8 heteroatoms. The fraction of sp³-hybridized carbons (Fsp3) is 0.350. The number of fused-ring (bicyclic) bond motifs is 1. The zero-order valence-electron chi connectivity index (χ0n) is 15.9. The average molecular weight is 402 g/mol. The van der Waals surface area contributed by atoms with Crippen molar-refractivity contribution in [2.24, 2.45) is 0 Å². The number of aromatic nitrogens is 1. The SMILES string of the molecule is COC(=O)c1c(-c2cccc(C#N)c2)c(Cl)n2c1CN(C(=O)OC(C)C)CC2. The molecule has 28 heavy (non-hydrogen) atoms. The molecule has 1 aromatic carbocycles. The molecule has 0 spiro atoms. The predicted octanol–water partition coefficient (Wildman–Crippen LogP) is 3.83. The molecule has 1 aromatic heterocycles. The molecule has 0 N–H and O–H groups in total. The molecule has 146 valence electrons. The number of methoxy groups -OCH3 is 1. The fourth-order valence-electron chi connectivity index (χ4n) is 3.28. The molecule has 1 aliphatic rings. The molecule has 0 atom stereocenters. The van der Waals surface area contributed by atoms with Crippen molar-refractivity contribution < 1.29 is 19.1 Å². The average Bonchev–Trinajstić information content (AvgIpc) is 2.98. The van der Waals surface area contributed by atoms with E-state index in [0.717, 1.165) is 0 Å². The van der Waals surface area contributed by atoms with Gasteiger partial charge in [0.2, 0.25) is 0 Å². The first kappa shape index (κ1) is 19.8. The summed E-state index contributed by atoms with van der Waals surface area (Å²) in [5, 5.41) is 9.57. The van der Waals surface area contributed by atoms with Crippen LogP contribution in [0.5, 0.6) is 0 Å². The van der Waals surface area contributed by atoms with E-state index < -0.39 is 12.1 Å².